The lowest BCUT2D eigenvalue weighted by molar-refractivity contribution is -0.226. The van der Waals surface area contributed by atoms with Crippen molar-refractivity contribution in [2.75, 3.05) is 18.5 Å². The van der Waals surface area contributed by atoms with Crippen LogP contribution in [-0.4, -0.2) is 35.2 Å². The number of aromatic amines is 1. The van der Waals surface area contributed by atoms with Crippen LogP contribution in [0.5, 0.6) is 5.75 Å². The van der Waals surface area contributed by atoms with Gasteiger partial charge in [-0.15, -0.1) is 0 Å². The van der Waals surface area contributed by atoms with Gasteiger partial charge in [-0.25, -0.2) is 9.37 Å². The fraction of sp³-hybridized carbons (Fsp3) is 0.217. The number of ether oxygens (including phenoxy) is 2. The fourth-order valence-electron chi connectivity index (χ4n) is 2.73. The molecule has 0 atom stereocenters. The molecule has 12 heteroatoms. The molecule has 0 fully saturated rings. The molecule has 35 heavy (non-hydrogen) atoms. The summed E-state index contributed by atoms with van der Waals surface area (Å²) in [7, 11) is 0. The molecule has 2 N–H and O–H groups in total. The van der Waals surface area contributed by atoms with Gasteiger partial charge in [-0.1, -0.05) is 12.0 Å². The summed E-state index contributed by atoms with van der Waals surface area (Å²) in [6.45, 7) is -0.242. The van der Waals surface area contributed by atoms with E-state index >= 15 is 0 Å². The van der Waals surface area contributed by atoms with Gasteiger partial charge in [0.15, 0.2) is 0 Å². The van der Waals surface area contributed by atoms with Crippen molar-refractivity contribution < 1.29 is 40.6 Å². The molecule has 0 spiro atoms. The van der Waals surface area contributed by atoms with Crippen LogP contribution in [0.1, 0.15) is 18.2 Å². The van der Waals surface area contributed by atoms with Crippen LogP contribution in [0.15, 0.2) is 48.7 Å². The Kier molecular flexibility index (Phi) is 7.71. The normalized spacial score (nSPS) is 11.5. The van der Waals surface area contributed by atoms with E-state index in [1.807, 2.05) is 0 Å². The number of nitrogens with one attached hydrogen (secondary N) is 2. The summed E-state index contributed by atoms with van der Waals surface area (Å²) in [5, 5.41) is 2.42. The number of hydrogen-bond donors (Lipinski definition) is 2. The zero-order chi connectivity index (χ0) is 25.6. The van der Waals surface area contributed by atoms with E-state index in [4.69, 9.17) is 4.74 Å². The van der Waals surface area contributed by atoms with Gasteiger partial charge in [-0.3, -0.25) is 4.79 Å². The molecule has 1 heterocycles. The van der Waals surface area contributed by atoms with Crippen molar-refractivity contribution in [1.82, 2.24) is 9.97 Å². The summed E-state index contributed by atoms with van der Waals surface area (Å²) in [5.41, 5.74) is -0.692. The molecule has 0 saturated heterocycles. The number of halogens is 6. The Bertz CT molecular complexity index is 1260. The van der Waals surface area contributed by atoms with Crippen molar-refractivity contribution in [2.45, 2.75) is 19.2 Å². The molecule has 1 aromatic heterocycles. The highest BCUT2D eigenvalue weighted by molar-refractivity contribution is 6.05. The third-order valence-electron chi connectivity index (χ3n) is 4.22. The Morgan fingerprint density at radius 2 is 1.89 bits per heavy atom. The van der Waals surface area contributed by atoms with Crippen LogP contribution in [-0.2, 0) is 15.7 Å². The van der Waals surface area contributed by atoms with Gasteiger partial charge in [0, 0.05) is 24.0 Å². The predicted octanol–water partition coefficient (Wildman–Crippen LogP) is 5.23. The number of benzene rings is 2. The minimum Gasteiger partial charge on any atom is -0.489 e. The van der Waals surface area contributed by atoms with Crippen LogP contribution in [0.25, 0.3) is 11.4 Å². The molecule has 3 rings (SSSR count). The monoisotopic (exact) mass is 497 g/mol. The van der Waals surface area contributed by atoms with Gasteiger partial charge in [0.05, 0.1) is 18.5 Å². The van der Waals surface area contributed by atoms with Crippen molar-refractivity contribution in [3.05, 3.63) is 65.7 Å². The number of carbonyl (C=O) groups is 1. The number of imidazole rings is 1. The smallest absolute Gasteiger partial charge is 0.432 e. The van der Waals surface area contributed by atoms with Gasteiger partial charge < -0.3 is 19.8 Å². The highest BCUT2D eigenvalue weighted by atomic mass is 19.4. The van der Waals surface area contributed by atoms with E-state index in [9.17, 15) is 31.1 Å². The number of H-pyrrole nitrogens is 1. The van der Waals surface area contributed by atoms with E-state index in [0.717, 1.165) is 6.07 Å². The minimum atomic E-state index is -4.64. The van der Waals surface area contributed by atoms with Crippen molar-refractivity contribution in [2.24, 2.45) is 0 Å². The Labute approximate surface area is 195 Å². The topological polar surface area (TPSA) is 76.2 Å². The second-order valence-corrected chi connectivity index (χ2v) is 7.07. The Morgan fingerprint density at radius 1 is 1.11 bits per heavy atom. The van der Waals surface area contributed by atoms with Crippen LogP contribution in [0.4, 0.5) is 32.0 Å². The lowest BCUT2D eigenvalue weighted by Crippen LogP contribution is -2.20. The lowest BCUT2D eigenvalue weighted by atomic mass is 10.1. The summed E-state index contributed by atoms with van der Waals surface area (Å²) < 4.78 is 87.2. The highest BCUT2D eigenvalue weighted by Crippen LogP contribution is 2.33. The van der Waals surface area contributed by atoms with Crippen molar-refractivity contribution in [3.63, 3.8) is 0 Å². The van der Waals surface area contributed by atoms with E-state index in [1.165, 1.54) is 36.4 Å². The first-order valence-corrected chi connectivity index (χ1v) is 9.90. The van der Waals surface area contributed by atoms with Gasteiger partial charge in [0.25, 0.3) is 0 Å². The third-order valence-corrected chi connectivity index (χ3v) is 4.22. The molecule has 184 valence electrons. The number of hydrogen-bond acceptors (Lipinski definition) is 4. The molecule has 0 aliphatic rings. The average molecular weight is 497 g/mol. The second-order valence-electron chi connectivity index (χ2n) is 7.07. The molecule has 0 radical (unpaired) electrons. The first-order chi connectivity index (χ1) is 16.4. The molecule has 0 aliphatic heterocycles. The number of rotatable bonds is 7. The molecule has 3 aromatic rings. The molecule has 0 unspecified atom stereocenters. The number of amides is 1. The zero-order valence-electron chi connectivity index (χ0n) is 18.0. The summed E-state index contributed by atoms with van der Waals surface area (Å²) in [6.07, 6.45) is -7.39. The minimum absolute atomic E-state index is 0.0141. The third kappa shape index (κ3) is 7.79. The number of aromatic nitrogens is 2. The van der Waals surface area contributed by atoms with E-state index in [1.54, 1.807) is 0 Å². The Balaban J connectivity index is 1.83. The molecule has 6 nitrogen and oxygen atoms in total. The Hall–Kier alpha value is -3.98. The maximum atomic E-state index is 13.3. The molecule has 0 saturated carbocycles. The van der Waals surface area contributed by atoms with Crippen molar-refractivity contribution >= 4 is 11.6 Å². The summed E-state index contributed by atoms with van der Waals surface area (Å²) in [6, 6.07) is 9.16. The predicted molar refractivity (Wildman–Crippen MR) is 113 cm³/mol. The van der Waals surface area contributed by atoms with Gasteiger partial charge >= 0.3 is 18.2 Å². The van der Waals surface area contributed by atoms with Crippen LogP contribution >= 0.6 is 0 Å². The average Bonchev–Trinajstić information content (AvgIpc) is 3.26. The summed E-state index contributed by atoms with van der Waals surface area (Å²) >= 11 is 0. The van der Waals surface area contributed by atoms with Crippen LogP contribution in [0.3, 0.4) is 0 Å². The first kappa shape index (κ1) is 25.6. The Morgan fingerprint density at radius 3 is 2.54 bits per heavy atom. The van der Waals surface area contributed by atoms with Crippen LogP contribution in [0.2, 0.25) is 0 Å². The van der Waals surface area contributed by atoms with E-state index in [-0.39, 0.29) is 35.0 Å². The molecule has 2 aromatic carbocycles. The standard InChI is InChI=1S/C23H17F6N3O3/c1-22(25,26)35-10-9-34-18-7-6-15(21-30-13-19(32-21)23(27,28)29)12-17(18)31-20(33)8-5-14-3-2-4-16(24)11-14/h2-4,6-7,11-13H,9-10H2,1H3,(H,30,32)(H,31,33). The number of nitrogens with zero attached hydrogens (tertiary/aromatic N) is 1. The van der Waals surface area contributed by atoms with Crippen molar-refractivity contribution in [3.8, 4) is 29.0 Å². The zero-order valence-corrected chi connectivity index (χ0v) is 18.0. The molecular weight excluding hydrogens is 480 g/mol. The number of carbonyl (C=O) groups excluding carboxylic acids is 1. The highest BCUT2D eigenvalue weighted by Gasteiger charge is 2.33. The first-order valence-electron chi connectivity index (χ1n) is 9.90. The van der Waals surface area contributed by atoms with Crippen molar-refractivity contribution in [1.29, 1.82) is 0 Å². The molecule has 1 amide bonds. The molecular formula is C23H17F6N3O3. The maximum absolute atomic E-state index is 13.3. The number of alkyl halides is 5. The SMILES string of the molecule is CC(F)(F)OCCOc1ccc(-c2ncc(C(F)(F)F)[nH]2)cc1NC(=O)C#Cc1cccc(F)c1. The molecule has 0 aliphatic carbocycles. The van der Waals surface area contributed by atoms with Gasteiger partial charge in [0.2, 0.25) is 0 Å². The quantitative estimate of drug-likeness (QED) is 0.266. The number of anilines is 1. The largest absolute Gasteiger partial charge is 0.489 e. The fourth-order valence-corrected chi connectivity index (χ4v) is 2.73. The van der Waals surface area contributed by atoms with Gasteiger partial charge in [0.1, 0.15) is 29.7 Å². The second kappa shape index (κ2) is 10.5. The lowest BCUT2D eigenvalue weighted by Gasteiger charge is -2.15. The van der Waals surface area contributed by atoms with Crippen LogP contribution in [0, 0.1) is 17.7 Å². The van der Waals surface area contributed by atoms with E-state index < -0.39 is 36.3 Å². The van der Waals surface area contributed by atoms with Gasteiger partial charge in [-0.2, -0.15) is 22.0 Å². The van der Waals surface area contributed by atoms with Gasteiger partial charge in [-0.05, 0) is 36.4 Å². The van der Waals surface area contributed by atoms with Crippen LogP contribution < -0.4 is 10.1 Å². The van der Waals surface area contributed by atoms with E-state index in [0.29, 0.717) is 13.1 Å². The van der Waals surface area contributed by atoms with E-state index in [2.05, 4.69) is 31.9 Å². The molecule has 0 bridgehead atoms. The maximum Gasteiger partial charge on any atom is 0.432 e. The summed E-state index contributed by atoms with van der Waals surface area (Å²) in [5.74, 6) is 3.21. The summed E-state index contributed by atoms with van der Waals surface area (Å²) in [4.78, 5) is 18.2.